The molecule has 0 radical (unpaired) electrons. The Hall–Kier alpha value is -2.05. The van der Waals surface area contributed by atoms with E-state index in [0.717, 1.165) is 56.1 Å². The van der Waals surface area contributed by atoms with Crippen molar-refractivity contribution in [3.05, 3.63) is 30.1 Å². The van der Waals surface area contributed by atoms with Gasteiger partial charge in [0.05, 0.1) is 33.1 Å². The SMILES string of the molecule is COc1cc(-c2cnn(CCN3CCOCC3)c2)cc(C)c1O. The van der Waals surface area contributed by atoms with Crippen LogP contribution in [0.25, 0.3) is 11.1 Å². The fraction of sp³-hybridized carbons (Fsp3) is 0.471. The lowest BCUT2D eigenvalue weighted by atomic mass is 10.1. The minimum atomic E-state index is 0.191. The first-order valence-corrected chi connectivity index (χ1v) is 7.88. The summed E-state index contributed by atoms with van der Waals surface area (Å²) in [5, 5.41) is 14.4. The molecule has 0 saturated carbocycles. The van der Waals surface area contributed by atoms with E-state index in [-0.39, 0.29) is 5.75 Å². The molecule has 1 N–H and O–H groups in total. The quantitative estimate of drug-likeness (QED) is 0.913. The van der Waals surface area contributed by atoms with Gasteiger partial charge in [-0.3, -0.25) is 9.58 Å². The molecule has 1 aliphatic heterocycles. The summed E-state index contributed by atoms with van der Waals surface area (Å²) < 4.78 is 12.5. The molecule has 2 aromatic rings. The maximum absolute atomic E-state index is 9.94. The third-order valence-electron chi connectivity index (χ3n) is 4.20. The van der Waals surface area contributed by atoms with Gasteiger partial charge in [-0.05, 0) is 30.2 Å². The highest BCUT2D eigenvalue weighted by Gasteiger charge is 2.12. The second-order valence-electron chi connectivity index (χ2n) is 5.79. The zero-order valence-electron chi connectivity index (χ0n) is 13.7. The predicted molar refractivity (Wildman–Crippen MR) is 87.9 cm³/mol. The smallest absolute Gasteiger partial charge is 0.161 e. The molecule has 3 rings (SSSR count). The number of hydrogen-bond donors (Lipinski definition) is 1. The Bertz CT molecular complexity index is 663. The van der Waals surface area contributed by atoms with Gasteiger partial charge in [0, 0.05) is 31.4 Å². The van der Waals surface area contributed by atoms with Gasteiger partial charge in [0.2, 0.25) is 0 Å². The summed E-state index contributed by atoms with van der Waals surface area (Å²) in [4.78, 5) is 2.39. The largest absolute Gasteiger partial charge is 0.504 e. The summed E-state index contributed by atoms with van der Waals surface area (Å²) >= 11 is 0. The van der Waals surface area contributed by atoms with Crippen LogP contribution < -0.4 is 4.74 Å². The number of phenols is 1. The summed E-state index contributed by atoms with van der Waals surface area (Å²) in [6, 6.07) is 3.78. The molecule has 0 aliphatic carbocycles. The van der Waals surface area contributed by atoms with Crippen molar-refractivity contribution in [2.75, 3.05) is 40.0 Å². The molecule has 124 valence electrons. The van der Waals surface area contributed by atoms with Crippen molar-refractivity contribution < 1.29 is 14.6 Å². The summed E-state index contributed by atoms with van der Waals surface area (Å²) in [5.74, 6) is 0.678. The van der Waals surface area contributed by atoms with Gasteiger partial charge in [-0.15, -0.1) is 0 Å². The molecule has 1 aromatic carbocycles. The Kier molecular flexibility index (Phi) is 4.83. The number of ether oxygens (including phenoxy) is 2. The number of phenolic OH excluding ortho intramolecular Hbond substituents is 1. The van der Waals surface area contributed by atoms with Crippen molar-refractivity contribution in [2.45, 2.75) is 13.5 Å². The van der Waals surface area contributed by atoms with E-state index in [1.54, 1.807) is 7.11 Å². The molecular formula is C17H23N3O3. The number of aryl methyl sites for hydroxylation is 1. The lowest BCUT2D eigenvalue weighted by Gasteiger charge is -2.26. The van der Waals surface area contributed by atoms with Gasteiger partial charge in [-0.1, -0.05) is 0 Å². The van der Waals surface area contributed by atoms with E-state index in [1.165, 1.54) is 0 Å². The normalized spacial score (nSPS) is 15.7. The molecule has 1 aromatic heterocycles. The van der Waals surface area contributed by atoms with Crippen LogP contribution in [-0.4, -0.2) is 59.7 Å². The number of hydrogen-bond acceptors (Lipinski definition) is 5. The first-order valence-electron chi connectivity index (χ1n) is 7.88. The van der Waals surface area contributed by atoms with E-state index in [4.69, 9.17) is 9.47 Å². The maximum Gasteiger partial charge on any atom is 0.161 e. The summed E-state index contributed by atoms with van der Waals surface area (Å²) in [5.41, 5.74) is 2.81. The Morgan fingerprint density at radius 2 is 2.00 bits per heavy atom. The zero-order chi connectivity index (χ0) is 16.2. The van der Waals surface area contributed by atoms with Gasteiger partial charge in [-0.2, -0.15) is 5.10 Å². The van der Waals surface area contributed by atoms with Gasteiger partial charge in [0.1, 0.15) is 0 Å². The molecule has 1 aliphatic rings. The third-order valence-corrected chi connectivity index (χ3v) is 4.20. The molecular weight excluding hydrogens is 294 g/mol. The van der Waals surface area contributed by atoms with Gasteiger partial charge < -0.3 is 14.6 Å². The van der Waals surface area contributed by atoms with Gasteiger partial charge >= 0.3 is 0 Å². The van der Waals surface area contributed by atoms with E-state index >= 15 is 0 Å². The number of aromatic hydroxyl groups is 1. The highest BCUT2D eigenvalue weighted by Crippen LogP contribution is 2.34. The monoisotopic (exact) mass is 317 g/mol. The minimum absolute atomic E-state index is 0.191. The Morgan fingerprint density at radius 1 is 1.22 bits per heavy atom. The van der Waals surface area contributed by atoms with Crippen molar-refractivity contribution in [3.8, 4) is 22.6 Å². The third kappa shape index (κ3) is 3.65. The highest BCUT2D eigenvalue weighted by molar-refractivity contribution is 5.67. The molecule has 6 nitrogen and oxygen atoms in total. The molecule has 1 saturated heterocycles. The molecule has 2 heterocycles. The first-order chi connectivity index (χ1) is 11.2. The van der Waals surface area contributed by atoms with Crippen LogP contribution in [0.15, 0.2) is 24.5 Å². The van der Waals surface area contributed by atoms with Crippen molar-refractivity contribution in [2.24, 2.45) is 0 Å². The number of benzene rings is 1. The van der Waals surface area contributed by atoms with Crippen molar-refractivity contribution in [1.29, 1.82) is 0 Å². The number of morpholine rings is 1. The number of nitrogens with zero attached hydrogens (tertiary/aromatic N) is 3. The van der Waals surface area contributed by atoms with Gasteiger partial charge in [0.25, 0.3) is 0 Å². The maximum atomic E-state index is 9.94. The van der Waals surface area contributed by atoms with E-state index in [0.29, 0.717) is 5.75 Å². The van der Waals surface area contributed by atoms with Crippen molar-refractivity contribution in [3.63, 3.8) is 0 Å². The fourth-order valence-corrected chi connectivity index (χ4v) is 2.77. The highest BCUT2D eigenvalue weighted by atomic mass is 16.5. The molecule has 0 unspecified atom stereocenters. The minimum Gasteiger partial charge on any atom is -0.504 e. The van der Waals surface area contributed by atoms with Crippen LogP contribution in [-0.2, 0) is 11.3 Å². The van der Waals surface area contributed by atoms with Crippen LogP contribution in [0.2, 0.25) is 0 Å². The molecule has 0 bridgehead atoms. The van der Waals surface area contributed by atoms with Crippen molar-refractivity contribution >= 4 is 0 Å². The Balaban J connectivity index is 1.70. The van der Waals surface area contributed by atoms with Crippen LogP contribution in [0.1, 0.15) is 5.56 Å². The van der Waals surface area contributed by atoms with Gasteiger partial charge in [0.15, 0.2) is 11.5 Å². The molecule has 0 atom stereocenters. The summed E-state index contributed by atoms with van der Waals surface area (Å²) in [6.07, 6.45) is 3.89. The van der Waals surface area contributed by atoms with Crippen LogP contribution in [0.3, 0.4) is 0 Å². The standard InChI is InChI=1S/C17H23N3O3/c1-13-9-14(10-16(22-2)17(13)21)15-11-18-20(12-15)4-3-19-5-7-23-8-6-19/h9-12,21H,3-8H2,1-2H3. The summed E-state index contributed by atoms with van der Waals surface area (Å²) in [7, 11) is 1.56. The van der Waals surface area contributed by atoms with E-state index in [2.05, 4.69) is 10.00 Å². The van der Waals surface area contributed by atoms with Crippen LogP contribution >= 0.6 is 0 Å². The molecule has 1 fully saturated rings. The average Bonchev–Trinajstić information content (AvgIpc) is 3.05. The lowest BCUT2D eigenvalue weighted by molar-refractivity contribution is 0.0360. The number of rotatable bonds is 5. The van der Waals surface area contributed by atoms with Crippen LogP contribution in [0.5, 0.6) is 11.5 Å². The lowest BCUT2D eigenvalue weighted by Crippen LogP contribution is -2.38. The molecule has 0 amide bonds. The first kappa shape index (κ1) is 15.8. The van der Waals surface area contributed by atoms with E-state index < -0.39 is 0 Å². The van der Waals surface area contributed by atoms with Crippen LogP contribution in [0, 0.1) is 6.92 Å². The Morgan fingerprint density at radius 3 is 2.74 bits per heavy atom. The van der Waals surface area contributed by atoms with E-state index in [9.17, 15) is 5.11 Å². The molecule has 0 spiro atoms. The second kappa shape index (κ2) is 7.02. The Labute approximate surface area is 136 Å². The van der Waals surface area contributed by atoms with E-state index in [1.807, 2.05) is 36.1 Å². The molecule has 23 heavy (non-hydrogen) atoms. The van der Waals surface area contributed by atoms with Crippen LogP contribution in [0.4, 0.5) is 0 Å². The average molecular weight is 317 g/mol. The second-order valence-corrected chi connectivity index (χ2v) is 5.79. The topological polar surface area (TPSA) is 59.8 Å². The summed E-state index contributed by atoms with van der Waals surface area (Å²) in [6.45, 7) is 7.31. The molecule has 6 heteroatoms. The number of aromatic nitrogens is 2. The van der Waals surface area contributed by atoms with Crippen molar-refractivity contribution in [1.82, 2.24) is 14.7 Å². The predicted octanol–water partition coefficient (Wildman–Crippen LogP) is 1.90. The fourth-order valence-electron chi connectivity index (χ4n) is 2.77. The number of methoxy groups -OCH3 is 1. The van der Waals surface area contributed by atoms with Gasteiger partial charge in [-0.25, -0.2) is 0 Å². The zero-order valence-corrected chi connectivity index (χ0v) is 13.7.